The number of rotatable bonds is 3. The summed E-state index contributed by atoms with van der Waals surface area (Å²) in [6.45, 7) is 2.16. The summed E-state index contributed by atoms with van der Waals surface area (Å²) in [6, 6.07) is 7.96. The zero-order chi connectivity index (χ0) is 14.9. The van der Waals surface area contributed by atoms with Gasteiger partial charge in [0.15, 0.2) is 5.79 Å². The first kappa shape index (κ1) is 14.8. The number of methoxy groups -OCH3 is 1. The van der Waals surface area contributed by atoms with Crippen LogP contribution in [-0.2, 0) is 4.84 Å². The summed E-state index contributed by atoms with van der Waals surface area (Å²) in [5, 5.41) is 11.0. The summed E-state index contributed by atoms with van der Waals surface area (Å²) in [4.78, 5) is 5.68. The molecule has 1 saturated carbocycles. The minimum atomic E-state index is -1.07. The molecule has 2 atom stereocenters. The minimum Gasteiger partial charge on any atom is -0.497 e. The average molecular weight is 291 g/mol. The van der Waals surface area contributed by atoms with Gasteiger partial charge >= 0.3 is 0 Å². The van der Waals surface area contributed by atoms with E-state index in [0.29, 0.717) is 6.42 Å². The second-order valence-corrected chi connectivity index (χ2v) is 6.66. The number of hydroxylamine groups is 1. The molecule has 2 N–H and O–H groups in total. The Morgan fingerprint density at radius 3 is 2.48 bits per heavy atom. The number of ether oxygens (including phenoxy) is 1. The maximum absolute atomic E-state index is 11.0. The summed E-state index contributed by atoms with van der Waals surface area (Å²) >= 11 is 0. The second kappa shape index (κ2) is 5.59. The first-order valence-electron chi connectivity index (χ1n) is 7.86. The van der Waals surface area contributed by atoms with Gasteiger partial charge in [-0.25, -0.2) is 0 Å². The molecule has 21 heavy (non-hydrogen) atoms. The Kier molecular flexibility index (Phi) is 3.95. The van der Waals surface area contributed by atoms with Crippen LogP contribution in [0.25, 0.3) is 0 Å². The lowest BCUT2D eigenvalue weighted by Crippen LogP contribution is -2.47. The van der Waals surface area contributed by atoms with Crippen molar-refractivity contribution in [3.8, 4) is 5.75 Å². The lowest BCUT2D eigenvalue weighted by Gasteiger charge is -2.43. The van der Waals surface area contributed by atoms with Gasteiger partial charge in [-0.15, -0.1) is 0 Å². The van der Waals surface area contributed by atoms with Crippen molar-refractivity contribution in [3.63, 3.8) is 0 Å². The minimum absolute atomic E-state index is 0.0275. The predicted octanol–water partition coefficient (Wildman–Crippen LogP) is 3.32. The monoisotopic (exact) mass is 291 g/mol. The first-order valence-corrected chi connectivity index (χ1v) is 7.86. The molecular weight excluding hydrogens is 266 g/mol. The third-order valence-corrected chi connectivity index (χ3v) is 5.27. The molecule has 0 unspecified atom stereocenters. The molecular formula is C17H25NO3. The molecule has 1 aromatic rings. The third-order valence-electron chi connectivity index (χ3n) is 5.27. The van der Waals surface area contributed by atoms with Crippen LogP contribution in [0.1, 0.15) is 57.1 Å². The van der Waals surface area contributed by atoms with Gasteiger partial charge in [-0.3, -0.25) is 4.84 Å². The number of benzene rings is 1. The van der Waals surface area contributed by atoms with Crippen LogP contribution in [0.15, 0.2) is 24.3 Å². The molecule has 3 rings (SSSR count). The van der Waals surface area contributed by atoms with Gasteiger partial charge in [0.05, 0.1) is 13.2 Å². The van der Waals surface area contributed by atoms with Crippen LogP contribution < -0.4 is 10.2 Å². The lowest BCUT2D eigenvalue weighted by molar-refractivity contribution is -0.273. The van der Waals surface area contributed by atoms with E-state index >= 15 is 0 Å². The van der Waals surface area contributed by atoms with E-state index in [4.69, 9.17) is 9.57 Å². The smallest absolute Gasteiger partial charge is 0.192 e. The van der Waals surface area contributed by atoms with Gasteiger partial charge < -0.3 is 9.84 Å². The fourth-order valence-corrected chi connectivity index (χ4v) is 3.64. The van der Waals surface area contributed by atoms with Crippen molar-refractivity contribution < 1.29 is 14.7 Å². The van der Waals surface area contributed by atoms with Crippen LogP contribution in [0.5, 0.6) is 5.75 Å². The molecule has 2 fully saturated rings. The van der Waals surface area contributed by atoms with Gasteiger partial charge in [0.2, 0.25) is 0 Å². The highest BCUT2D eigenvalue weighted by Gasteiger charge is 2.53. The largest absolute Gasteiger partial charge is 0.497 e. The van der Waals surface area contributed by atoms with Gasteiger partial charge in [0.1, 0.15) is 5.75 Å². The summed E-state index contributed by atoms with van der Waals surface area (Å²) in [5.41, 5.74) is 4.00. The predicted molar refractivity (Wildman–Crippen MR) is 80.7 cm³/mol. The Balaban J connectivity index is 1.74. The quantitative estimate of drug-likeness (QED) is 0.897. The van der Waals surface area contributed by atoms with Crippen molar-refractivity contribution >= 4 is 0 Å². The van der Waals surface area contributed by atoms with E-state index in [1.807, 2.05) is 24.3 Å². The molecule has 0 bridgehead atoms. The van der Waals surface area contributed by atoms with E-state index < -0.39 is 5.79 Å². The molecule has 0 amide bonds. The van der Waals surface area contributed by atoms with Crippen LogP contribution in [-0.4, -0.2) is 18.0 Å². The highest BCUT2D eigenvalue weighted by Crippen LogP contribution is 2.50. The highest BCUT2D eigenvalue weighted by atomic mass is 16.8. The summed E-state index contributed by atoms with van der Waals surface area (Å²) in [5.74, 6) is -0.231. The Morgan fingerprint density at radius 1 is 1.19 bits per heavy atom. The normalized spacial score (nSPS) is 32.0. The molecule has 1 saturated heterocycles. The van der Waals surface area contributed by atoms with E-state index in [9.17, 15) is 5.11 Å². The lowest BCUT2D eigenvalue weighted by atomic mass is 9.68. The van der Waals surface area contributed by atoms with Gasteiger partial charge in [-0.1, -0.05) is 38.3 Å². The van der Waals surface area contributed by atoms with Crippen molar-refractivity contribution in [2.24, 2.45) is 5.41 Å². The number of hydrogen-bond donors (Lipinski definition) is 2. The van der Waals surface area contributed by atoms with Gasteiger partial charge in [0.25, 0.3) is 0 Å². The van der Waals surface area contributed by atoms with Gasteiger partial charge in [-0.2, -0.15) is 5.48 Å². The SMILES string of the molecule is COc1ccc([C@H]2C[C@](O)(C3(C)CCCCC3)ON2)cc1. The zero-order valence-electron chi connectivity index (χ0n) is 12.9. The van der Waals surface area contributed by atoms with E-state index in [1.165, 1.54) is 19.3 Å². The number of nitrogens with one attached hydrogen (secondary N) is 1. The molecule has 0 spiro atoms. The fraction of sp³-hybridized carbons (Fsp3) is 0.647. The molecule has 0 radical (unpaired) electrons. The van der Waals surface area contributed by atoms with E-state index in [2.05, 4.69) is 12.4 Å². The summed E-state index contributed by atoms with van der Waals surface area (Å²) in [7, 11) is 1.66. The van der Waals surface area contributed by atoms with Crippen molar-refractivity contribution in [2.75, 3.05) is 7.11 Å². The molecule has 1 aromatic carbocycles. The summed E-state index contributed by atoms with van der Waals surface area (Å²) < 4.78 is 5.18. The average Bonchev–Trinajstić information content (AvgIpc) is 2.92. The molecule has 2 aliphatic rings. The topological polar surface area (TPSA) is 50.7 Å². The third kappa shape index (κ3) is 2.68. The number of hydrogen-bond acceptors (Lipinski definition) is 4. The molecule has 4 heteroatoms. The second-order valence-electron chi connectivity index (χ2n) is 6.66. The van der Waals surface area contributed by atoms with Crippen molar-refractivity contribution in [1.29, 1.82) is 0 Å². The van der Waals surface area contributed by atoms with E-state index in [-0.39, 0.29) is 11.5 Å². The van der Waals surface area contributed by atoms with Crippen LogP contribution in [0.4, 0.5) is 0 Å². The van der Waals surface area contributed by atoms with E-state index in [1.54, 1.807) is 7.11 Å². The Labute approximate surface area is 126 Å². The Bertz CT molecular complexity index is 481. The maximum Gasteiger partial charge on any atom is 0.192 e. The van der Waals surface area contributed by atoms with Crippen LogP contribution in [0.3, 0.4) is 0 Å². The first-order chi connectivity index (χ1) is 10.1. The van der Waals surface area contributed by atoms with Gasteiger partial charge in [0, 0.05) is 11.8 Å². The molecule has 1 heterocycles. The molecule has 1 aliphatic carbocycles. The van der Waals surface area contributed by atoms with Crippen molar-refractivity contribution in [1.82, 2.24) is 5.48 Å². The standard InChI is InChI=1S/C17H25NO3/c1-16(10-4-3-5-11-16)17(19)12-15(18-21-17)13-6-8-14(20-2)9-7-13/h6-9,15,18-19H,3-5,10-12H2,1-2H3/t15-,17-/m1/s1. The molecule has 0 aromatic heterocycles. The van der Waals surface area contributed by atoms with Crippen LogP contribution in [0.2, 0.25) is 0 Å². The van der Waals surface area contributed by atoms with Crippen LogP contribution >= 0.6 is 0 Å². The fourth-order valence-electron chi connectivity index (χ4n) is 3.64. The van der Waals surface area contributed by atoms with Crippen molar-refractivity contribution in [2.45, 2.75) is 57.3 Å². The molecule has 116 valence electrons. The summed E-state index contributed by atoms with van der Waals surface area (Å²) in [6.07, 6.45) is 6.27. The molecule has 1 aliphatic heterocycles. The van der Waals surface area contributed by atoms with Crippen LogP contribution in [0, 0.1) is 5.41 Å². The number of aliphatic hydroxyl groups is 1. The highest BCUT2D eigenvalue weighted by molar-refractivity contribution is 5.29. The van der Waals surface area contributed by atoms with Crippen molar-refractivity contribution in [3.05, 3.63) is 29.8 Å². The zero-order valence-corrected chi connectivity index (χ0v) is 12.9. The Morgan fingerprint density at radius 2 is 1.86 bits per heavy atom. The van der Waals surface area contributed by atoms with E-state index in [0.717, 1.165) is 24.2 Å². The molecule has 4 nitrogen and oxygen atoms in total. The Hall–Kier alpha value is -1.10. The van der Waals surface area contributed by atoms with Gasteiger partial charge in [-0.05, 0) is 30.5 Å². The maximum atomic E-state index is 11.0.